The van der Waals surface area contributed by atoms with Gasteiger partial charge >= 0.3 is 0 Å². The first kappa shape index (κ1) is 15.1. The van der Waals surface area contributed by atoms with E-state index in [0.29, 0.717) is 17.4 Å². The van der Waals surface area contributed by atoms with Crippen LogP contribution >= 0.6 is 11.5 Å². The Morgan fingerprint density at radius 1 is 1.55 bits per heavy atom. The second-order valence-electron chi connectivity index (χ2n) is 5.65. The summed E-state index contributed by atoms with van der Waals surface area (Å²) in [5, 5.41) is 7.08. The molecule has 1 fully saturated rings. The van der Waals surface area contributed by atoms with Gasteiger partial charge in [-0.2, -0.15) is 4.37 Å². The van der Waals surface area contributed by atoms with Crippen LogP contribution in [0.2, 0.25) is 0 Å². The molecular weight excluding hydrogens is 274 g/mol. The molecule has 1 amide bonds. The summed E-state index contributed by atoms with van der Waals surface area (Å²) in [6, 6.07) is 0.426. The van der Waals surface area contributed by atoms with Gasteiger partial charge in [-0.3, -0.25) is 4.79 Å². The molecule has 2 rings (SSSR count). The van der Waals surface area contributed by atoms with E-state index in [2.05, 4.69) is 27.0 Å². The molecule has 0 radical (unpaired) electrons. The summed E-state index contributed by atoms with van der Waals surface area (Å²) >= 11 is 1.26. The number of hydrogen-bond acceptors (Lipinski definition) is 6. The number of amides is 1. The van der Waals surface area contributed by atoms with Crippen molar-refractivity contribution >= 4 is 28.3 Å². The minimum Gasteiger partial charge on any atom is -0.382 e. The minimum atomic E-state index is -0.155. The number of carbonyl (C=O) groups excluding carboxylic acids is 1. The third-order valence-electron chi connectivity index (χ3n) is 3.33. The Balaban J connectivity index is 2.10. The Morgan fingerprint density at radius 2 is 2.30 bits per heavy atom. The van der Waals surface area contributed by atoms with Crippen molar-refractivity contribution in [1.82, 2.24) is 14.6 Å². The first-order valence-electron chi connectivity index (χ1n) is 6.98. The molecule has 112 valence electrons. The zero-order valence-electron chi connectivity index (χ0n) is 12.3. The summed E-state index contributed by atoms with van der Waals surface area (Å²) in [5.41, 5.74) is 6.32. The maximum absolute atomic E-state index is 12.2. The molecule has 1 aromatic rings. The molecule has 0 aliphatic carbocycles. The summed E-state index contributed by atoms with van der Waals surface area (Å²) in [4.78, 5) is 14.5. The van der Waals surface area contributed by atoms with Gasteiger partial charge in [0.05, 0.1) is 0 Å². The first-order chi connectivity index (χ1) is 9.47. The number of nitrogens with two attached hydrogens (primary N) is 1. The normalized spacial score (nSPS) is 20.1. The van der Waals surface area contributed by atoms with Crippen LogP contribution in [0.15, 0.2) is 0 Å². The Morgan fingerprint density at radius 3 is 2.95 bits per heavy atom. The van der Waals surface area contributed by atoms with Crippen LogP contribution in [0, 0.1) is 0 Å². The average molecular weight is 297 g/mol. The van der Waals surface area contributed by atoms with Gasteiger partial charge in [0.2, 0.25) is 0 Å². The Bertz CT molecular complexity index is 473. The molecular formula is C13H23N5OS. The van der Waals surface area contributed by atoms with Gasteiger partial charge in [0.25, 0.3) is 5.91 Å². The number of carbonyl (C=O) groups is 1. The van der Waals surface area contributed by atoms with Crippen molar-refractivity contribution in [2.45, 2.75) is 38.8 Å². The fourth-order valence-electron chi connectivity index (χ4n) is 2.42. The summed E-state index contributed by atoms with van der Waals surface area (Å²) in [5.74, 6) is 0.151. The van der Waals surface area contributed by atoms with E-state index in [9.17, 15) is 4.79 Å². The van der Waals surface area contributed by atoms with Crippen LogP contribution in [-0.4, -0.2) is 47.4 Å². The van der Waals surface area contributed by atoms with Gasteiger partial charge in [-0.1, -0.05) is 0 Å². The predicted octanol–water partition coefficient (Wildman–Crippen LogP) is 1.37. The third kappa shape index (κ3) is 3.61. The highest BCUT2D eigenvalue weighted by atomic mass is 32.1. The molecule has 4 N–H and O–H groups in total. The molecule has 0 spiro atoms. The molecule has 0 bridgehead atoms. The fraction of sp³-hybridized carbons (Fsp3) is 0.692. The van der Waals surface area contributed by atoms with E-state index < -0.39 is 0 Å². The lowest BCUT2D eigenvalue weighted by Gasteiger charge is -2.30. The minimum absolute atomic E-state index is 0.0791. The van der Waals surface area contributed by atoms with Gasteiger partial charge in [0, 0.05) is 18.6 Å². The zero-order valence-corrected chi connectivity index (χ0v) is 13.1. The molecule has 0 saturated carbocycles. The summed E-state index contributed by atoms with van der Waals surface area (Å²) < 4.78 is 4.11. The van der Waals surface area contributed by atoms with E-state index >= 15 is 0 Å². The average Bonchev–Trinajstić information content (AvgIpc) is 2.69. The zero-order chi connectivity index (χ0) is 14.7. The summed E-state index contributed by atoms with van der Waals surface area (Å²) in [7, 11) is 2.11. The number of likely N-dealkylation sites (N-methyl/N-ethyl adjacent to an activating group) is 1. The second-order valence-corrected chi connectivity index (χ2v) is 6.42. The van der Waals surface area contributed by atoms with Gasteiger partial charge < -0.3 is 21.3 Å². The highest BCUT2D eigenvalue weighted by Gasteiger charge is 2.23. The third-order valence-corrected chi connectivity index (χ3v) is 4.12. The summed E-state index contributed by atoms with van der Waals surface area (Å²) in [6.07, 6.45) is 2.27. The lowest BCUT2D eigenvalue weighted by molar-refractivity contribution is 0.0945. The second kappa shape index (κ2) is 6.41. The molecule has 1 saturated heterocycles. The van der Waals surface area contributed by atoms with Gasteiger partial charge in [-0.05, 0) is 51.8 Å². The van der Waals surface area contributed by atoms with Crippen molar-refractivity contribution in [1.29, 1.82) is 0 Å². The SMILES string of the molecule is CC(C)NC(=O)c1c(N)nsc1NC1CCCN(C)C1. The van der Waals surface area contributed by atoms with Crippen LogP contribution in [0.25, 0.3) is 0 Å². The van der Waals surface area contributed by atoms with E-state index in [1.807, 2.05) is 13.8 Å². The lowest BCUT2D eigenvalue weighted by atomic mass is 10.1. The van der Waals surface area contributed by atoms with E-state index in [-0.39, 0.29) is 11.9 Å². The Kier molecular flexibility index (Phi) is 4.82. The first-order valence-corrected chi connectivity index (χ1v) is 7.75. The van der Waals surface area contributed by atoms with Crippen LogP contribution in [-0.2, 0) is 0 Å². The van der Waals surface area contributed by atoms with Gasteiger partial charge in [0.1, 0.15) is 10.6 Å². The smallest absolute Gasteiger partial charge is 0.258 e. The predicted molar refractivity (Wildman–Crippen MR) is 83.3 cm³/mol. The molecule has 1 aromatic heterocycles. The fourth-order valence-corrected chi connectivity index (χ4v) is 3.21. The number of hydrogen-bond donors (Lipinski definition) is 3. The largest absolute Gasteiger partial charge is 0.382 e. The number of anilines is 2. The molecule has 1 unspecified atom stereocenters. The molecule has 2 heterocycles. The molecule has 6 nitrogen and oxygen atoms in total. The molecule has 1 aliphatic rings. The Hall–Kier alpha value is -1.34. The van der Waals surface area contributed by atoms with Gasteiger partial charge in [0.15, 0.2) is 5.82 Å². The molecule has 7 heteroatoms. The molecule has 20 heavy (non-hydrogen) atoms. The van der Waals surface area contributed by atoms with Crippen LogP contribution in [0.5, 0.6) is 0 Å². The van der Waals surface area contributed by atoms with Gasteiger partial charge in [-0.15, -0.1) is 0 Å². The molecule has 1 aliphatic heterocycles. The summed E-state index contributed by atoms with van der Waals surface area (Å²) in [6.45, 7) is 5.96. The van der Waals surface area contributed by atoms with E-state index in [0.717, 1.165) is 30.9 Å². The van der Waals surface area contributed by atoms with Crippen molar-refractivity contribution in [3.8, 4) is 0 Å². The highest BCUT2D eigenvalue weighted by Crippen LogP contribution is 2.28. The quantitative estimate of drug-likeness (QED) is 0.782. The number of likely N-dealkylation sites (tertiary alicyclic amines) is 1. The van der Waals surface area contributed by atoms with E-state index in [4.69, 9.17) is 5.73 Å². The number of piperidine rings is 1. The van der Waals surface area contributed by atoms with E-state index in [1.54, 1.807) is 0 Å². The number of aromatic nitrogens is 1. The van der Waals surface area contributed by atoms with Crippen LogP contribution in [0.3, 0.4) is 0 Å². The van der Waals surface area contributed by atoms with Crippen molar-refractivity contribution in [3.05, 3.63) is 5.56 Å². The van der Waals surface area contributed by atoms with Crippen molar-refractivity contribution in [2.75, 3.05) is 31.2 Å². The van der Waals surface area contributed by atoms with Crippen LogP contribution < -0.4 is 16.4 Å². The van der Waals surface area contributed by atoms with Crippen LogP contribution in [0.4, 0.5) is 10.8 Å². The molecule has 0 aromatic carbocycles. The van der Waals surface area contributed by atoms with Crippen LogP contribution in [0.1, 0.15) is 37.0 Å². The maximum Gasteiger partial charge on any atom is 0.258 e. The number of nitrogen functional groups attached to an aromatic ring is 1. The maximum atomic E-state index is 12.2. The van der Waals surface area contributed by atoms with Gasteiger partial charge in [-0.25, -0.2) is 0 Å². The Labute approximate surface area is 123 Å². The van der Waals surface area contributed by atoms with Crippen molar-refractivity contribution < 1.29 is 4.79 Å². The monoisotopic (exact) mass is 297 g/mol. The standard InChI is InChI=1S/C13H23N5OS/c1-8(2)15-12(19)10-11(14)17-20-13(10)16-9-5-4-6-18(3)7-9/h8-9,16H,4-7H2,1-3H3,(H2,14,17)(H,15,19). The van der Waals surface area contributed by atoms with E-state index in [1.165, 1.54) is 11.5 Å². The van der Waals surface area contributed by atoms with Crippen molar-refractivity contribution in [3.63, 3.8) is 0 Å². The molecule has 1 atom stereocenters. The highest BCUT2D eigenvalue weighted by molar-refractivity contribution is 7.11. The lowest BCUT2D eigenvalue weighted by Crippen LogP contribution is -2.40. The topological polar surface area (TPSA) is 83.3 Å². The number of rotatable bonds is 4. The number of nitrogens with zero attached hydrogens (tertiary/aromatic N) is 2. The number of nitrogens with one attached hydrogen (secondary N) is 2. The van der Waals surface area contributed by atoms with Crippen molar-refractivity contribution in [2.24, 2.45) is 0 Å².